The van der Waals surface area contributed by atoms with Crippen LogP contribution in [0.4, 0.5) is 10.5 Å². The van der Waals surface area contributed by atoms with Gasteiger partial charge in [0.05, 0.1) is 16.5 Å². The van der Waals surface area contributed by atoms with Crippen molar-refractivity contribution in [3.63, 3.8) is 0 Å². The zero-order valence-corrected chi connectivity index (χ0v) is 12.4. The summed E-state index contributed by atoms with van der Waals surface area (Å²) in [5.41, 5.74) is 0.803. The Hall–Kier alpha value is -3.16. The Labute approximate surface area is 132 Å². The molecule has 2 rings (SSSR count). The molecule has 0 aromatic heterocycles. The highest BCUT2D eigenvalue weighted by molar-refractivity contribution is 5.95. The number of non-ortho nitro benzene ring substituents is 1. The number of amides is 2. The lowest BCUT2D eigenvalue weighted by atomic mass is 9.95. The first-order chi connectivity index (χ1) is 10.9. The fourth-order valence-corrected chi connectivity index (χ4v) is 2.24. The number of rotatable bonds is 5. The summed E-state index contributed by atoms with van der Waals surface area (Å²) in [7, 11) is 0. The molecule has 1 aromatic rings. The highest BCUT2D eigenvalue weighted by Gasteiger charge is 2.32. The van der Waals surface area contributed by atoms with E-state index < -0.39 is 23.0 Å². The second-order valence-corrected chi connectivity index (χ2v) is 4.81. The lowest BCUT2D eigenvalue weighted by molar-refractivity contribution is -0.384. The minimum Gasteiger partial charge on any atom is -0.458 e. The lowest BCUT2D eigenvalue weighted by Gasteiger charge is -2.27. The van der Waals surface area contributed by atoms with Gasteiger partial charge in [-0.15, -0.1) is 0 Å². The number of nitrogens with one attached hydrogen (secondary N) is 2. The molecule has 0 saturated carbocycles. The normalized spacial score (nSPS) is 17.1. The summed E-state index contributed by atoms with van der Waals surface area (Å²) in [4.78, 5) is 34.3. The summed E-state index contributed by atoms with van der Waals surface area (Å²) >= 11 is 0. The maximum absolute atomic E-state index is 12.2. The van der Waals surface area contributed by atoms with Crippen LogP contribution in [0.2, 0.25) is 0 Å². The van der Waals surface area contributed by atoms with E-state index in [1.165, 1.54) is 24.3 Å². The van der Waals surface area contributed by atoms with Crippen molar-refractivity contribution in [1.82, 2.24) is 10.6 Å². The molecule has 120 valence electrons. The highest BCUT2D eigenvalue weighted by Crippen LogP contribution is 2.29. The molecule has 0 bridgehead atoms. The maximum Gasteiger partial charge on any atom is 0.338 e. The molecule has 1 aliphatic heterocycles. The molecule has 2 amide bonds. The first kappa shape index (κ1) is 16.2. The van der Waals surface area contributed by atoms with Crippen molar-refractivity contribution in [2.45, 2.75) is 13.0 Å². The molecule has 8 nitrogen and oxygen atoms in total. The molecular weight excluding hydrogens is 302 g/mol. The predicted octanol–water partition coefficient (Wildman–Crippen LogP) is 1.95. The van der Waals surface area contributed by atoms with Crippen LogP contribution in [0.3, 0.4) is 0 Å². The Kier molecular flexibility index (Phi) is 4.75. The number of nitro groups is 1. The standard InChI is InChI=1S/C15H15N3O5/c1-3-7-23-14(19)12-9(2)16-15(20)17-13(12)10-5-4-6-11(8-10)18(21)22/h3-6,8,13H,1,7H2,2H3,(H2,16,17,20)/t13-/m1/s1. The molecule has 1 atom stereocenters. The van der Waals surface area contributed by atoms with Gasteiger partial charge in [-0.1, -0.05) is 24.8 Å². The average Bonchev–Trinajstić information content (AvgIpc) is 2.52. The van der Waals surface area contributed by atoms with Gasteiger partial charge in [-0.25, -0.2) is 9.59 Å². The summed E-state index contributed by atoms with van der Waals surface area (Å²) in [6.45, 7) is 5.05. The number of benzene rings is 1. The van der Waals surface area contributed by atoms with Crippen LogP contribution in [0.5, 0.6) is 0 Å². The molecule has 0 radical (unpaired) electrons. The van der Waals surface area contributed by atoms with Gasteiger partial charge in [-0.3, -0.25) is 10.1 Å². The van der Waals surface area contributed by atoms with E-state index in [1.807, 2.05) is 0 Å². The van der Waals surface area contributed by atoms with Crippen molar-refractivity contribution in [3.8, 4) is 0 Å². The predicted molar refractivity (Wildman–Crippen MR) is 81.4 cm³/mol. The average molecular weight is 317 g/mol. The zero-order valence-electron chi connectivity index (χ0n) is 12.4. The summed E-state index contributed by atoms with van der Waals surface area (Å²) < 4.78 is 5.03. The minimum atomic E-state index is -0.832. The largest absolute Gasteiger partial charge is 0.458 e. The molecule has 1 aliphatic rings. The topological polar surface area (TPSA) is 111 Å². The molecule has 0 saturated heterocycles. The van der Waals surface area contributed by atoms with Crippen LogP contribution < -0.4 is 10.6 Å². The summed E-state index contributed by atoms with van der Waals surface area (Å²) in [6.07, 6.45) is 1.42. The van der Waals surface area contributed by atoms with Gasteiger partial charge in [-0.05, 0) is 12.5 Å². The first-order valence-electron chi connectivity index (χ1n) is 6.74. The van der Waals surface area contributed by atoms with Gasteiger partial charge in [0.15, 0.2) is 0 Å². The third-order valence-corrected chi connectivity index (χ3v) is 3.24. The minimum absolute atomic E-state index is 0.0191. The molecule has 0 spiro atoms. The zero-order chi connectivity index (χ0) is 17.0. The first-order valence-corrected chi connectivity index (χ1v) is 6.74. The number of esters is 1. The Morgan fingerprint density at radius 3 is 2.91 bits per heavy atom. The quantitative estimate of drug-likeness (QED) is 0.373. The monoisotopic (exact) mass is 317 g/mol. The van der Waals surface area contributed by atoms with Gasteiger partial charge in [0.25, 0.3) is 5.69 Å². The highest BCUT2D eigenvalue weighted by atomic mass is 16.6. The van der Waals surface area contributed by atoms with E-state index in [0.29, 0.717) is 11.3 Å². The molecule has 0 unspecified atom stereocenters. The Morgan fingerprint density at radius 1 is 1.52 bits per heavy atom. The van der Waals surface area contributed by atoms with Crippen molar-refractivity contribution in [3.05, 3.63) is 63.9 Å². The maximum atomic E-state index is 12.2. The molecule has 23 heavy (non-hydrogen) atoms. The smallest absolute Gasteiger partial charge is 0.338 e. The Balaban J connectivity index is 2.44. The van der Waals surface area contributed by atoms with E-state index >= 15 is 0 Å². The second kappa shape index (κ2) is 6.73. The van der Waals surface area contributed by atoms with E-state index in [-0.39, 0.29) is 17.9 Å². The number of carbonyl (C=O) groups is 2. The van der Waals surface area contributed by atoms with Crippen LogP contribution in [0.1, 0.15) is 18.5 Å². The number of hydrogen-bond acceptors (Lipinski definition) is 5. The third-order valence-electron chi connectivity index (χ3n) is 3.24. The molecule has 0 fully saturated rings. The number of hydrogen-bond donors (Lipinski definition) is 2. The van der Waals surface area contributed by atoms with Crippen LogP contribution in [0, 0.1) is 10.1 Å². The summed E-state index contributed by atoms with van der Waals surface area (Å²) in [5, 5.41) is 16.0. The van der Waals surface area contributed by atoms with Gasteiger partial charge in [0, 0.05) is 17.8 Å². The van der Waals surface area contributed by atoms with Crippen LogP contribution in [-0.4, -0.2) is 23.5 Å². The van der Waals surface area contributed by atoms with Crippen LogP contribution in [0.15, 0.2) is 48.2 Å². The fraction of sp³-hybridized carbons (Fsp3) is 0.200. The number of allylic oxidation sites excluding steroid dienone is 1. The van der Waals surface area contributed by atoms with Crippen molar-refractivity contribution >= 4 is 17.7 Å². The number of urea groups is 1. The fourth-order valence-electron chi connectivity index (χ4n) is 2.24. The van der Waals surface area contributed by atoms with Gasteiger partial charge in [0.1, 0.15) is 6.61 Å². The molecular formula is C15H15N3O5. The van der Waals surface area contributed by atoms with Crippen LogP contribution >= 0.6 is 0 Å². The van der Waals surface area contributed by atoms with Crippen molar-refractivity contribution in [2.24, 2.45) is 0 Å². The number of nitro benzene ring substituents is 1. The summed E-state index contributed by atoms with van der Waals surface area (Å²) in [6, 6.07) is 4.39. The molecule has 2 N–H and O–H groups in total. The van der Waals surface area contributed by atoms with Gasteiger partial charge in [-0.2, -0.15) is 0 Å². The third kappa shape index (κ3) is 3.54. The van der Waals surface area contributed by atoms with E-state index in [1.54, 1.807) is 13.0 Å². The number of carbonyl (C=O) groups excluding carboxylic acids is 2. The second-order valence-electron chi connectivity index (χ2n) is 4.81. The van der Waals surface area contributed by atoms with E-state index in [2.05, 4.69) is 17.2 Å². The molecule has 1 aromatic carbocycles. The van der Waals surface area contributed by atoms with E-state index in [9.17, 15) is 19.7 Å². The molecule has 1 heterocycles. The van der Waals surface area contributed by atoms with Gasteiger partial charge < -0.3 is 15.4 Å². The SMILES string of the molecule is C=CCOC(=O)C1=C(C)NC(=O)N[C@@H]1c1cccc([N+](=O)[O-])c1. The van der Waals surface area contributed by atoms with E-state index in [4.69, 9.17) is 4.74 Å². The van der Waals surface area contributed by atoms with Gasteiger partial charge >= 0.3 is 12.0 Å². The molecule has 8 heteroatoms. The molecule has 0 aliphatic carbocycles. The van der Waals surface area contributed by atoms with Crippen molar-refractivity contribution < 1.29 is 19.2 Å². The van der Waals surface area contributed by atoms with Gasteiger partial charge in [0.2, 0.25) is 0 Å². The Morgan fingerprint density at radius 2 is 2.26 bits per heavy atom. The Bertz CT molecular complexity index is 711. The lowest BCUT2D eigenvalue weighted by Crippen LogP contribution is -2.45. The van der Waals surface area contributed by atoms with Crippen LogP contribution in [0.25, 0.3) is 0 Å². The summed E-state index contributed by atoms with van der Waals surface area (Å²) in [5.74, 6) is -0.633. The van der Waals surface area contributed by atoms with Crippen LogP contribution in [-0.2, 0) is 9.53 Å². The van der Waals surface area contributed by atoms with Crippen molar-refractivity contribution in [2.75, 3.05) is 6.61 Å². The van der Waals surface area contributed by atoms with Crippen molar-refractivity contribution in [1.29, 1.82) is 0 Å². The number of nitrogens with zero attached hydrogens (tertiary/aromatic N) is 1. The van der Waals surface area contributed by atoms with E-state index in [0.717, 1.165) is 0 Å². The number of ether oxygens (including phenoxy) is 1.